The van der Waals surface area contributed by atoms with Crippen LogP contribution in [0.2, 0.25) is 0 Å². The van der Waals surface area contributed by atoms with Crippen molar-refractivity contribution in [3.05, 3.63) is 54.1 Å². The van der Waals surface area contributed by atoms with Gasteiger partial charge in [-0.05, 0) is 44.5 Å². The number of carbonyl (C=O) groups is 1. The zero-order chi connectivity index (χ0) is 18.6. The Kier molecular flexibility index (Phi) is 5.25. The number of hydrogen-bond donors (Lipinski definition) is 1. The van der Waals surface area contributed by atoms with Gasteiger partial charge in [0.15, 0.2) is 0 Å². The third kappa shape index (κ3) is 3.90. The predicted octanol–water partition coefficient (Wildman–Crippen LogP) is 3.18. The molecule has 1 saturated heterocycles. The summed E-state index contributed by atoms with van der Waals surface area (Å²) < 4.78 is 7.43. The molecule has 1 aliphatic rings. The number of fused-ring (bicyclic) bond motifs is 1. The van der Waals surface area contributed by atoms with Gasteiger partial charge >= 0.3 is 0 Å². The number of furan rings is 1. The average Bonchev–Trinajstić information content (AvgIpc) is 3.34. The molecule has 0 spiro atoms. The summed E-state index contributed by atoms with van der Waals surface area (Å²) in [6, 6.07) is 12.1. The van der Waals surface area contributed by atoms with Crippen molar-refractivity contribution in [2.45, 2.75) is 39.4 Å². The molecule has 6 heteroatoms. The molecule has 2 aromatic heterocycles. The first-order valence-electron chi connectivity index (χ1n) is 9.71. The van der Waals surface area contributed by atoms with Gasteiger partial charge in [0.2, 0.25) is 5.91 Å². The Balaban J connectivity index is 1.38. The van der Waals surface area contributed by atoms with E-state index in [0.29, 0.717) is 6.54 Å². The van der Waals surface area contributed by atoms with Gasteiger partial charge in [0.05, 0.1) is 36.5 Å². The van der Waals surface area contributed by atoms with Gasteiger partial charge in [0, 0.05) is 18.5 Å². The number of hydrogen-bond acceptors (Lipinski definition) is 4. The van der Waals surface area contributed by atoms with Crippen molar-refractivity contribution in [2.75, 3.05) is 13.1 Å². The van der Waals surface area contributed by atoms with Crippen LogP contribution in [0.5, 0.6) is 0 Å². The van der Waals surface area contributed by atoms with E-state index >= 15 is 0 Å². The Labute approximate surface area is 159 Å². The molecule has 1 amide bonds. The van der Waals surface area contributed by atoms with Crippen LogP contribution in [0.15, 0.2) is 47.1 Å². The van der Waals surface area contributed by atoms with E-state index in [1.54, 1.807) is 6.26 Å². The van der Waals surface area contributed by atoms with Crippen LogP contribution in [0.3, 0.4) is 0 Å². The van der Waals surface area contributed by atoms with Crippen LogP contribution in [0.25, 0.3) is 10.9 Å². The van der Waals surface area contributed by atoms with Crippen molar-refractivity contribution in [1.29, 1.82) is 0 Å². The van der Waals surface area contributed by atoms with E-state index in [1.165, 1.54) is 0 Å². The summed E-state index contributed by atoms with van der Waals surface area (Å²) in [5, 5.41) is 8.90. The summed E-state index contributed by atoms with van der Waals surface area (Å²) in [7, 11) is 0. The molecule has 1 atom stereocenters. The number of nitrogens with zero attached hydrogens (tertiary/aromatic N) is 3. The molecule has 4 rings (SSSR count). The molecule has 0 unspecified atom stereocenters. The Bertz CT molecular complexity index is 900. The molecule has 0 aliphatic carbocycles. The van der Waals surface area contributed by atoms with Crippen molar-refractivity contribution in [2.24, 2.45) is 5.92 Å². The maximum Gasteiger partial charge on any atom is 0.224 e. The number of aromatic nitrogens is 2. The second-order valence-electron chi connectivity index (χ2n) is 7.15. The molecule has 0 saturated carbocycles. The second kappa shape index (κ2) is 7.96. The maximum atomic E-state index is 12.7. The third-order valence-corrected chi connectivity index (χ3v) is 5.30. The Morgan fingerprint density at radius 1 is 1.30 bits per heavy atom. The van der Waals surface area contributed by atoms with Crippen LogP contribution in [0.1, 0.15) is 31.2 Å². The topological polar surface area (TPSA) is 63.3 Å². The smallest absolute Gasteiger partial charge is 0.224 e. The minimum absolute atomic E-state index is 0.0215. The van der Waals surface area contributed by atoms with Gasteiger partial charge in [-0.3, -0.25) is 14.4 Å². The third-order valence-electron chi connectivity index (χ3n) is 5.30. The molecule has 1 aromatic carbocycles. The van der Waals surface area contributed by atoms with Crippen LogP contribution in [-0.2, 0) is 24.4 Å². The van der Waals surface area contributed by atoms with Gasteiger partial charge in [-0.25, -0.2) is 0 Å². The molecule has 1 aliphatic heterocycles. The molecule has 142 valence electrons. The molecule has 0 bridgehead atoms. The van der Waals surface area contributed by atoms with E-state index in [2.05, 4.69) is 34.4 Å². The lowest BCUT2D eigenvalue weighted by atomic mass is 9.97. The minimum Gasteiger partial charge on any atom is -0.468 e. The van der Waals surface area contributed by atoms with Crippen molar-refractivity contribution in [1.82, 2.24) is 20.0 Å². The van der Waals surface area contributed by atoms with Crippen molar-refractivity contribution >= 4 is 16.8 Å². The highest BCUT2D eigenvalue weighted by Gasteiger charge is 2.26. The van der Waals surface area contributed by atoms with E-state index in [0.717, 1.165) is 61.4 Å². The van der Waals surface area contributed by atoms with Crippen LogP contribution in [0.4, 0.5) is 0 Å². The van der Waals surface area contributed by atoms with Gasteiger partial charge in [0.1, 0.15) is 5.76 Å². The van der Waals surface area contributed by atoms with Crippen LogP contribution < -0.4 is 5.32 Å². The lowest BCUT2D eigenvalue weighted by Crippen LogP contribution is -2.42. The van der Waals surface area contributed by atoms with Crippen LogP contribution in [0, 0.1) is 5.92 Å². The monoisotopic (exact) mass is 366 g/mol. The molecule has 27 heavy (non-hydrogen) atoms. The zero-order valence-corrected chi connectivity index (χ0v) is 15.7. The molecular weight excluding hydrogens is 340 g/mol. The highest BCUT2D eigenvalue weighted by molar-refractivity contribution is 5.83. The summed E-state index contributed by atoms with van der Waals surface area (Å²) in [5.74, 6) is 1.09. The van der Waals surface area contributed by atoms with E-state index < -0.39 is 0 Å². The number of rotatable bonds is 6. The minimum atomic E-state index is 0.0215. The lowest BCUT2D eigenvalue weighted by Gasteiger charge is -2.31. The molecule has 6 nitrogen and oxygen atoms in total. The summed E-state index contributed by atoms with van der Waals surface area (Å²) >= 11 is 0. The maximum absolute atomic E-state index is 12.7. The number of para-hydroxylation sites is 1. The van der Waals surface area contributed by atoms with Crippen molar-refractivity contribution in [3.8, 4) is 0 Å². The van der Waals surface area contributed by atoms with Gasteiger partial charge < -0.3 is 9.73 Å². The van der Waals surface area contributed by atoms with Crippen molar-refractivity contribution in [3.63, 3.8) is 0 Å². The van der Waals surface area contributed by atoms with Gasteiger partial charge in [-0.1, -0.05) is 18.2 Å². The van der Waals surface area contributed by atoms with E-state index in [1.807, 2.05) is 28.9 Å². The first kappa shape index (κ1) is 17.8. The quantitative estimate of drug-likeness (QED) is 0.728. The van der Waals surface area contributed by atoms with E-state index in [4.69, 9.17) is 4.42 Å². The molecular formula is C21H26N4O2. The van der Waals surface area contributed by atoms with Gasteiger partial charge in [-0.2, -0.15) is 5.10 Å². The van der Waals surface area contributed by atoms with E-state index in [9.17, 15) is 4.79 Å². The predicted molar refractivity (Wildman–Crippen MR) is 104 cm³/mol. The normalized spacial score (nSPS) is 18.0. The van der Waals surface area contributed by atoms with Gasteiger partial charge in [0.25, 0.3) is 0 Å². The number of nitrogens with one attached hydrogen (secondary N) is 1. The SMILES string of the molecule is CCn1nc(CNC(=O)[C@@H]2CCCN(Cc3ccco3)C2)c2ccccc21. The first-order valence-corrected chi connectivity index (χ1v) is 9.71. The molecule has 3 heterocycles. The molecule has 1 fully saturated rings. The van der Waals surface area contributed by atoms with Crippen LogP contribution >= 0.6 is 0 Å². The highest BCUT2D eigenvalue weighted by atomic mass is 16.3. The fourth-order valence-corrected chi connectivity index (χ4v) is 3.92. The Morgan fingerprint density at radius 3 is 3.00 bits per heavy atom. The molecule has 3 aromatic rings. The number of likely N-dealkylation sites (tertiary alicyclic amines) is 1. The fourth-order valence-electron chi connectivity index (χ4n) is 3.92. The number of piperidine rings is 1. The summed E-state index contributed by atoms with van der Waals surface area (Å²) in [4.78, 5) is 15.0. The largest absolute Gasteiger partial charge is 0.468 e. The highest BCUT2D eigenvalue weighted by Crippen LogP contribution is 2.21. The lowest BCUT2D eigenvalue weighted by molar-refractivity contribution is -0.127. The Morgan fingerprint density at radius 2 is 2.19 bits per heavy atom. The standard InChI is InChI=1S/C21H26N4O2/c1-2-25-20-10-4-3-9-18(20)19(23-25)13-22-21(26)16-7-5-11-24(14-16)15-17-8-6-12-27-17/h3-4,6,8-10,12,16H,2,5,7,11,13-15H2,1H3,(H,22,26)/t16-/m1/s1. The molecule has 0 radical (unpaired) electrons. The fraction of sp³-hybridized carbons (Fsp3) is 0.429. The first-order chi connectivity index (χ1) is 13.2. The Hall–Kier alpha value is -2.60. The number of aryl methyl sites for hydroxylation is 1. The van der Waals surface area contributed by atoms with Crippen molar-refractivity contribution < 1.29 is 9.21 Å². The number of benzene rings is 1. The van der Waals surface area contributed by atoms with Gasteiger partial charge in [-0.15, -0.1) is 0 Å². The summed E-state index contributed by atoms with van der Waals surface area (Å²) in [6.07, 6.45) is 3.67. The number of carbonyl (C=O) groups excluding carboxylic acids is 1. The molecule has 1 N–H and O–H groups in total. The van der Waals surface area contributed by atoms with E-state index in [-0.39, 0.29) is 11.8 Å². The average molecular weight is 366 g/mol. The second-order valence-corrected chi connectivity index (χ2v) is 7.15. The number of amides is 1. The summed E-state index contributed by atoms with van der Waals surface area (Å²) in [6.45, 7) is 5.92. The zero-order valence-electron chi connectivity index (χ0n) is 15.7. The summed E-state index contributed by atoms with van der Waals surface area (Å²) in [5.41, 5.74) is 2.05. The van der Waals surface area contributed by atoms with Crippen LogP contribution in [-0.4, -0.2) is 33.7 Å².